The van der Waals surface area contributed by atoms with E-state index in [0.29, 0.717) is 38.1 Å². The maximum absolute atomic E-state index is 13.2. The van der Waals surface area contributed by atoms with Crippen LogP contribution in [0.5, 0.6) is 0 Å². The van der Waals surface area contributed by atoms with Crippen molar-refractivity contribution in [3.05, 3.63) is 69.3 Å². The molecule has 0 bridgehead atoms. The van der Waals surface area contributed by atoms with E-state index in [0.717, 1.165) is 0 Å². The van der Waals surface area contributed by atoms with Gasteiger partial charge in [0.25, 0.3) is 11.8 Å². The number of ketones is 1. The van der Waals surface area contributed by atoms with Crippen molar-refractivity contribution in [1.29, 1.82) is 0 Å². The zero-order valence-corrected chi connectivity index (χ0v) is 18.6. The first-order chi connectivity index (χ1) is 14.7. The van der Waals surface area contributed by atoms with Gasteiger partial charge in [0.2, 0.25) is 0 Å². The molecule has 0 fully saturated rings. The topological polar surface area (TPSA) is 93.1 Å². The first-order valence-corrected chi connectivity index (χ1v) is 10.1. The second-order valence-electron chi connectivity index (χ2n) is 6.99. The molecular formula is C22H20Cl2N4O3. The highest BCUT2D eigenvalue weighted by Gasteiger charge is 2.23. The Kier molecular flexibility index (Phi) is 6.77. The summed E-state index contributed by atoms with van der Waals surface area (Å²) in [4.78, 5) is 37.0. The minimum atomic E-state index is -0.520. The molecule has 0 radical (unpaired) electrons. The average Bonchev–Trinajstić information content (AvgIpc) is 3.09. The van der Waals surface area contributed by atoms with Crippen LogP contribution in [0.25, 0.3) is 11.3 Å². The molecule has 2 aromatic carbocycles. The second kappa shape index (κ2) is 9.32. The number of benzene rings is 2. The lowest BCUT2D eigenvalue weighted by Gasteiger charge is -2.15. The van der Waals surface area contributed by atoms with Crippen LogP contribution in [0.3, 0.4) is 0 Å². The van der Waals surface area contributed by atoms with Gasteiger partial charge in [0.1, 0.15) is 5.78 Å². The summed E-state index contributed by atoms with van der Waals surface area (Å²) in [6, 6.07) is 10.2. The van der Waals surface area contributed by atoms with Crippen molar-refractivity contribution in [2.24, 2.45) is 7.05 Å². The highest BCUT2D eigenvalue weighted by Crippen LogP contribution is 2.31. The van der Waals surface area contributed by atoms with E-state index < -0.39 is 11.8 Å². The molecule has 3 rings (SSSR count). The molecule has 160 valence electrons. The normalized spacial score (nSPS) is 10.6. The highest BCUT2D eigenvalue weighted by atomic mass is 35.5. The molecule has 31 heavy (non-hydrogen) atoms. The lowest BCUT2D eigenvalue weighted by atomic mass is 10.0. The van der Waals surface area contributed by atoms with Gasteiger partial charge in [-0.3, -0.25) is 19.1 Å². The molecule has 9 heteroatoms. The van der Waals surface area contributed by atoms with Crippen LogP contribution in [0.15, 0.2) is 42.6 Å². The number of rotatable bonds is 6. The predicted octanol–water partition coefficient (Wildman–Crippen LogP) is 4.27. The molecule has 3 aromatic rings. The molecule has 0 spiro atoms. The second-order valence-corrected chi connectivity index (χ2v) is 7.84. The Labute approximate surface area is 189 Å². The number of hydrogen-bond donors (Lipinski definition) is 2. The third-order valence-corrected chi connectivity index (χ3v) is 5.14. The quantitative estimate of drug-likeness (QED) is 0.576. The molecule has 0 saturated heterocycles. The van der Waals surface area contributed by atoms with Crippen LogP contribution in [-0.2, 0) is 11.8 Å². The van der Waals surface area contributed by atoms with Crippen molar-refractivity contribution < 1.29 is 14.4 Å². The molecule has 2 amide bonds. The molecule has 1 heterocycles. The first-order valence-electron chi connectivity index (χ1n) is 9.35. The Morgan fingerprint density at radius 1 is 1.06 bits per heavy atom. The number of anilines is 1. The van der Waals surface area contributed by atoms with Gasteiger partial charge >= 0.3 is 0 Å². The van der Waals surface area contributed by atoms with Crippen LogP contribution >= 0.6 is 23.2 Å². The molecule has 2 N–H and O–H groups in total. The first kappa shape index (κ1) is 22.5. The molecule has 0 atom stereocenters. The Morgan fingerprint density at radius 3 is 2.45 bits per heavy atom. The Bertz CT molecular complexity index is 1190. The largest absolute Gasteiger partial charge is 0.345 e. The smallest absolute Gasteiger partial charge is 0.259 e. The number of halogens is 2. The number of hydrogen-bond acceptors (Lipinski definition) is 4. The number of aromatic nitrogens is 2. The molecular weight excluding hydrogens is 439 g/mol. The van der Waals surface area contributed by atoms with Gasteiger partial charge in [-0.1, -0.05) is 41.4 Å². The van der Waals surface area contributed by atoms with Crippen LogP contribution in [0.1, 0.15) is 33.2 Å². The van der Waals surface area contributed by atoms with E-state index in [-0.39, 0.29) is 17.9 Å². The predicted molar refractivity (Wildman–Crippen MR) is 121 cm³/mol. The fourth-order valence-electron chi connectivity index (χ4n) is 3.15. The van der Waals surface area contributed by atoms with Crippen molar-refractivity contribution in [3.63, 3.8) is 0 Å². The van der Waals surface area contributed by atoms with Gasteiger partial charge in [-0.15, -0.1) is 0 Å². The molecule has 0 aliphatic carbocycles. The highest BCUT2D eigenvalue weighted by molar-refractivity contribution is 6.33. The van der Waals surface area contributed by atoms with E-state index in [1.165, 1.54) is 19.2 Å². The van der Waals surface area contributed by atoms with Gasteiger partial charge in [-0.05, 0) is 37.6 Å². The maximum Gasteiger partial charge on any atom is 0.259 e. The third kappa shape index (κ3) is 4.95. The van der Waals surface area contributed by atoms with Gasteiger partial charge in [0.15, 0.2) is 0 Å². The van der Waals surface area contributed by atoms with Crippen molar-refractivity contribution in [2.75, 3.05) is 11.9 Å². The minimum Gasteiger partial charge on any atom is -0.345 e. The van der Waals surface area contributed by atoms with Gasteiger partial charge < -0.3 is 10.6 Å². The van der Waals surface area contributed by atoms with Crippen molar-refractivity contribution in [3.8, 4) is 11.3 Å². The molecule has 7 nitrogen and oxygen atoms in total. The van der Waals surface area contributed by atoms with E-state index in [4.69, 9.17) is 23.2 Å². The van der Waals surface area contributed by atoms with E-state index in [1.807, 2.05) is 6.07 Å². The number of Topliss-reactive ketones (excluding diaryl/α,β-unsaturated/α-hetero) is 1. The van der Waals surface area contributed by atoms with Crippen LogP contribution < -0.4 is 10.6 Å². The van der Waals surface area contributed by atoms with E-state index in [2.05, 4.69) is 15.7 Å². The molecule has 0 unspecified atom stereocenters. The number of nitrogens with zero attached hydrogens (tertiary/aromatic N) is 2. The summed E-state index contributed by atoms with van der Waals surface area (Å²) in [5.41, 5.74) is 2.53. The summed E-state index contributed by atoms with van der Waals surface area (Å²) in [5.74, 6) is -1.18. The zero-order chi connectivity index (χ0) is 22.7. The maximum atomic E-state index is 13.2. The van der Waals surface area contributed by atoms with Gasteiger partial charge in [-0.25, -0.2) is 0 Å². The van der Waals surface area contributed by atoms with E-state index in [1.54, 1.807) is 42.9 Å². The van der Waals surface area contributed by atoms with Gasteiger partial charge in [-0.2, -0.15) is 5.10 Å². The van der Waals surface area contributed by atoms with Gasteiger partial charge in [0.05, 0.1) is 35.2 Å². The Morgan fingerprint density at radius 2 is 1.77 bits per heavy atom. The molecule has 0 saturated carbocycles. The Balaban J connectivity index is 2.00. The standard InChI is InChI=1S/C22H20Cl2N4O3/c1-12-8-14(23)9-16(21(30)25-10-13(2)29)19(12)27-22(31)17-11-26-28(3)20(17)15-6-4-5-7-18(15)24/h4-9,11H,10H2,1-3H3,(H,25,30)(H,27,31). The van der Waals surface area contributed by atoms with Crippen LogP contribution in [0.4, 0.5) is 5.69 Å². The number of aryl methyl sites for hydroxylation is 2. The summed E-state index contributed by atoms with van der Waals surface area (Å²) in [5, 5.41) is 10.3. The summed E-state index contributed by atoms with van der Waals surface area (Å²) in [6.45, 7) is 2.96. The summed E-state index contributed by atoms with van der Waals surface area (Å²) in [7, 11) is 1.71. The molecule has 1 aromatic heterocycles. The summed E-state index contributed by atoms with van der Waals surface area (Å²) in [6.07, 6.45) is 1.44. The third-order valence-electron chi connectivity index (χ3n) is 4.59. The minimum absolute atomic E-state index is 0.128. The Hall–Kier alpha value is -3.16. The van der Waals surface area contributed by atoms with Crippen LogP contribution in [0.2, 0.25) is 10.0 Å². The van der Waals surface area contributed by atoms with E-state index in [9.17, 15) is 14.4 Å². The SMILES string of the molecule is CC(=O)CNC(=O)c1cc(Cl)cc(C)c1NC(=O)c1cnn(C)c1-c1ccccc1Cl. The van der Waals surface area contributed by atoms with Crippen molar-refractivity contribution in [1.82, 2.24) is 15.1 Å². The summed E-state index contributed by atoms with van der Waals surface area (Å²) < 4.78 is 1.56. The molecule has 0 aliphatic heterocycles. The van der Waals surface area contributed by atoms with Crippen LogP contribution in [-0.4, -0.2) is 33.9 Å². The average molecular weight is 459 g/mol. The molecule has 0 aliphatic rings. The fraction of sp³-hybridized carbons (Fsp3) is 0.182. The van der Waals surface area contributed by atoms with Gasteiger partial charge in [0, 0.05) is 22.7 Å². The van der Waals surface area contributed by atoms with Crippen molar-refractivity contribution in [2.45, 2.75) is 13.8 Å². The van der Waals surface area contributed by atoms with Crippen LogP contribution in [0, 0.1) is 6.92 Å². The summed E-state index contributed by atoms with van der Waals surface area (Å²) >= 11 is 12.4. The lowest BCUT2D eigenvalue weighted by molar-refractivity contribution is -0.116. The number of carbonyl (C=O) groups is 3. The zero-order valence-electron chi connectivity index (χ0n) is 17.1. The number of amides is 2. The number of nitrogens with one attached hydrogen (secondary N) is 2. The monoisotopic (exact) mass is 458 g/mol. The lowest BCUT2D eigenvalue weighted by Crippen LogP contribution is -2.29. The number of carbonyl (C=O) groups excluding carboxylic acids is 3. The fourth-order valence-corrected chi connectivity index (χ4v) is 3.64. The van der Waals surface area contributed by atoms with Crippen molar-refractivity contribution >= 4 is 46.5 Å². The van der Waals surface area contributed by atoms with E-state index >= 15 is 0 Å².